The first-order valence-electron chi connectivity index (χ1n) is 8.70. The number of nitrogens with one attached hydrogen (secondary N) is 1. The van der Waals surface area contributed by atoms with E-state index in [4.69, 9.17) is 16.3 Å². The van der Waals surface area contributed by atoms with Gasteiger partial charge in [0.25, 0.3) is 0 Å². The molecule has 3 aromatic rings. The summed E-state index contributed by atoms with van der Waals surface area (Å²) in [4.78, 5) is 12.3. The molecule has 1 unspecified atom stereocenters. The van der Waals surface area contributed by atoms with Crippen LogP contribution in [0.1, 0.15) is 18.5 Å². The topological polar surface area (TPSA) is 69.0 Å². The number of thioether (sulfide) groups is 1. The van der Waals surface area contributed by atoms with E-state index in [9.17, 15) is 4.79 Å². The van der Waals surface area contributed by atoms with Gasteiger partial charge in [-0.25, -0.2) is 0 Å². The van der Waals surface area contributed by atoms with Gasteiger partial charge in [0.05, 0.1) is 24.5 Å². The smallest absolute Gasteiger partial charge is 0.230 e. The van der Waals surface area contributed by atoms with Gasteiger partial charge in [-0.05, 0) is 30.7 Å². The highest BCUT2D eigenvalue weighted by atomic mass is 35.5. The predicted molar refractivity (Wildman–Crippen MR) is 112 cm³/mol. The molecule has 0 saturated heterocycles. The fraction of sp³-hybridized carbons (Fsp3) is 0.250. The summed E-state index contributed by atoms with van der Waals surface area (Å²) in [5.41, 5.74) is 1.74. The number of amides is 1. The van der Waals surface area contributed by atoms with Gasteiger partial charge in [0.2, 0.25) is 5.91 Å². The maximum Gasteiger partial charge on any atom is 0.230 e. The lowest BCUT2D eigenvalue weighted by Gasteiger charge is -2.15. The highest BCUT2D eigenvalue weighted by Crippen LogP contribution is 2.30. The molecular formula is C20H21ClN4O2S. The van der Waals surface area contributed by atoms with E-state index in [1.807, 2.05) is 67.1 Å². The van der Waals surface area contributed by atoms with Gasteiger partial charge in [-0.15, -0.1) is 10.2 Å². The molecule has 0 aliphatic rings. The molecule has 1 aromatic heterocycles. The third-order valence-electron chi connectivity index (χ3n) is 4.26. The predicted octanol–water partition coefficient (Wildman–Crippen LogP) is 4.11. The molecule has 0 radical (unpaired) electrons. The van der Waals surface area contributed by atoms with Crippen LogP contribution < -0.4 is 10.1 Å². The summed E-state index contributed by atoms with van der Waals surface area (Å²) in [5.74, 6) is 1.54. The van der Waals surface area contributed by atoms with Crippen molar-refractivity contribution in [1.29, 1.82) is 0 Å². The second-order valence-corrected chi connectivity index (χ2v) is 7.51. The maximum atomic E-state index is 12.3. The molecule has 146 valence electrons. The fourth-order valence-corrected chi connectivity index (χ4v) is 3.84. The Balaban J connectivity index is 1.65. The Kier molecular flexibility index (Phi) is 6.59. The van der Waals surface area contributed by atoms with Crippen molar-refractivity contribution in [3.8, 4) is 17.1 Å². The number of halogens is 1. The molecule has 0 bridgehead atoms. The van der Waals surface area contributed by atoms with Crippen molar-refractivity contribution in [3.05, 3.63) is 59.1 Å². The first-order chi connectivity index (χ1) is 13.5. The van der Waals surface area contributed by atoms with Crippen molar-refractivity contribution in [3.63, 3.8) is 0 Å². The van der Waals surface area contributed by atoms with Crippen LogP contribution in [-0.2, 0) is 11.8 Å². The molecule has 1 atom stereocenters. The number of ether oxygens (including phenoxy) is 1. The summed E-state index contributed by atoms with van der Waals surface area (Å²) < 4.78 is 7.25. The molecule has 1 amide bonds. The summed E-state index contributed by atoms with van der Waals surface area (Å²) in [7, 11) is 3.49. The molecule has 28 heavy (non-hydrogen) atoms. The summed E-state index contributed by atoms with van der Waals surface area (Å²) in [6, 6.07) is 14.9. The number of para-hydroxylation sites is 1. The number of rotatable bonds is 7. The number of benzene rings is 2. The second kappa shape index (κ2) is 9.12. The highest BCUT2D eigenvalue weighted by molar-refractivity contribution is 7.99. The molecule has 3 rings (SSSR count). The summed E-state index contributed by atoms with van der Waals surface area (Å²) in [6.45, 7) is 1.91. The molecule has 1 heterocycles. The molecule has 0 aliphatic heterocycles. The Morgan fingerprint density at radius 1 is 1.21 bits per heavy atom. The lowest BCUT2D eigenvalue weighted by molar-refractivity contribution is -0.119. The van der Waals surface area contributed by atoms with E-state index in [1.54, 1.807) is 7.11 Å². The monoisotopic (exact) mass is 416 g/mol. The van der Waals surface area contributed by atoms with Gasteiger partial charge in [0.15, 0.2) is 11.0 Å². The van der Waals surface area contributed by atoms with Crippen LogP contribution >= 0.6 is 23.4 Å². The van der Waals surface area contributed by atoms with Crippen molar-refractivity contribution in [2.45, 2.75) is 18.1 Å². The third kappa shape index (κ3) is 4.48. The number of hydrogen-bond acceptors (Lipinski definition) is 5. The van der Waals surface area contributed by atoms with Crippen molar-refractivity contribution >= 4 is 29.3 Å². The van der Waals surface area contributed by atoms with Crippen molar-refractivity contribution < 1.29 is 9.53 Å². The van der Waals surface area contributed by atoms with Crippen molar-refractivity contribution in [1.82, 2.24) is 20.1 Å². The summed E-state index contributed by atoms with van der Waals surface area (Å²) in [6.07, 6.45) is 0. The van der Waals surface area contributed by atoms with E-state index in [0.29, 0.717) is 16.0 Å². The van der Waals surface area contributed by atoms with E-state index >= 15 is 0 Å². The number of carbonyl (C=O) groups is 1. The Labute approximate surface area is 173 Å². The first kappa shape index (κ1) is 20.2. The zero-order chi connectivity index (χ0) is 20.1. The Morgan fingerprint density at radius 3 is 2.68 bits per heavy atom. The van der Waals surface area contributed by atoms with Crippen LogP contribution in [0.2, 0.25) is 5.02 Å². The lowest BCUT2D eigenvalue weighted by Crippen LogP contribution is -2.28. The number of hydrogen-bond donors (Lipinski definition) is 1. The van der Waals surface area contributed by atoms with Gasteiger partial charge in [-0.1, -0.05) is 53.7 Å². The van der Waals surface area contributed by atoms with E-state index in [0.717, 1.165) is 16.9 Å². The Hall–Kier alpha value is -2.51. The average Bonchev–Trinajstić information content (AvgIpc) is 3.06. The molecular weight excluding hydrogens is 396 g/mol. The Bertz CT molecular complexity index is 976. The van der Waals surface area contributed by atoms with Crippen LogP contribution in [0.3, 0.4) is 0 Å². The maximum absolute atomic E-state index is 12.3. The second-order valence-electron chi connectivity index (χ2n) is 6.16. The first-order valence-corrected chi connectivity index (χ1v) is 10.1. The van der Waals surface area contributed by atoms with Crippen LogP contribution in [0.15, 0.2) is 53.7 Å². The van der Waals surface area contributed by atoms with E-state index in [2.05, 4.69) is 15.5 Å². The van der Waals surface area contributed by atoms with Gasteiger partial charge in [0, 0.05) is 12.1 Å². The van der Waals surface area contributed by atoms with E-state index in [1.165, 1.54) is 11.8 Å². The Morgan fingerprint density at radius 2 is 1.93 bits per heavy atom. The van der Waals surface area contributed by atoms with Gasteiger partial charge in [0.1, 0.15) is 5.75 Å². The number of carbonyl (C=O) groups excluding carboxylic acids is 1. The molecule has 0 fully saturated rings. The van der Waals surface area contributed by atoms with Gasteiger partial charge < -0.3 is 14.6 Å². The van der Waals surface area contributed by atoms with Gasteiger partial charge >= 0.3 is 0 Å². The lowest BCUT2D eigenvalue weighted by atomic mass is 10.1. The van der Waals surface area contributed by atoms with Crippen LogP contribution in [-0.4, -0.2) is 33.5 Å². The van der Waals surface area contributed by atoms with Crippen LogP contribution in [0.25, 0.3) is 11.4 Å². The molecule has 0 aliphatic carbocycles. The van der Waals surface area contributed by atoms with E-state index in [-0.39, 0.29) is 17.7 Å². The molecule has 0 saturated carbocycles. The van der Waals surface area contributed by atoms with Gasteiger partial charge in [-0.3, -0.25) is 4.79 Å². The van der Waals surface area contributed by atoms with Crippen molar-refractivity contribution in [2.24, 2.45) is 7.05 Å². The minimum atomic E-state index is -0.176. The fourth-order valence-electron chi connectivity index (χ4n) is 2.82. The number of methoxy groups -OCH3 is 1. The summed E-state index contributed by atoms with van der Waals surface area (Å²) >= 11 is 7.52. The number of aromatic nitrogens is 3. The minimum absolute atomic E-state index is 0.0979. The number of nitrogens with zero attached hydrogens (tertiary/aromatic N) is 3. The molecule has 2 aromatic carbocycles. The quantitative estimate of drug-likeness (QED) is 0.587. The summed E-state index contributed by atoms with van der Waals surface area (Å²) in [5, 5.41) is 12.7. The highest BCUT2D eigenvalue weighted by Gasteiger charge is 2.17. The van der Waals surface area contributed by atoms with Crippen molar-refractivity contribution in [2.75, 3.05) is 12.9 Å². The van der Waals surface area contributed by atoms with E-state index < -0.39 is 0 Å². The minimum Gasteiger partial charge on any atom is -0.496 e. The standard InChI is InChI=1S/C20H21ClN4O2S/c1-13(14-8-4-6-10-16(14)21)22-18(26)12-28-20-24-23-19(25(20)2)15-9-5-7-11-17(15)27-3/h4-11,13H,12H2,1-3H3,(H,22,26). The largest absolute Gasteiger partial charge is 0.496 e. The molecule has 6 nitrogen and oxygen atoms in total. The SMILES string of the molecule is COc1ccccc1-c1nnc(SCC(=O)NC(C)c2ccccc2Cl)n1C. The van der Waals surface area contributed by atoms with Crippen LogP contribution in [0.4, 0.5) is 0 Å². The normalized spacial score (nSPS) is 11.9. The average molecular weight is 417 g/mol. The molecule has 1 N–H and O–H groups in total. The third-order valence-corrected chi connectivity index (χ3v) is 5.63. The zero-order valence-electron chi connectivity index (χ0n) is 15.8. The van der Waals surface area contributed by atoms with Gasteiger partial charge in [-0.2, -0.15) is 0 Å². The van der Waals surface area contributed by atoms with Crippen LogP contribution in [0.5, 0.6) is 5.75 Å². The molecule has 0 spiro atoms. The van der Waals surface area contributed by atoms with Crippen LogP contribution in [0, 0.1) is 0 Å². The zero-order valence-corrected chi connectivity index (χ0v) is 17.4. The molecule has 8 heteroatoms.